The van der Waals surface area contributed by atoms with E-state index in [-0.39, 0.29) is 11.9 Å². The van der Waals surface area contributed by atoms with Crippen molar-refractivity contribution in [1.29, 1.82) is 0 Å². The van der Waals surface area contributed by atoms with E-state index in [0.29, 0.717) is 18.9 Å². The molecule has 0 bridgehead atoms. The Kier molecular flexibility index (Phi) is 2.21. The minimum absolute atomic E-state index is 0.0714. The number of rotatable bonds is 2. The van der Waals surface area contributed by atoms with Gasteiger partial charge in [0.1, 0.15) is 0 Å². The fraction of sp³-hybridized carbons (Fsp3) is 0.364. The summed E-state index contributed by atoms with van der Waals surface area (Å²) < 4.78 is 1.72. The van der Waals surface area contributed by atoms with Crippen molar-refractivity contribution in [2.75, 3.05) is 11.9 Å². The van der Waals surface area contributed by atoms with E-state index in [9.17, 15) is 4.79 Å². The Balaban J connectivity index is 1.83. The van der Waals surface area contributed by atoms with Crippen molar-refractivity contribution in [2.45, 2.75) is 19.4 Å². The van der Waals surface area contributed by atoms with Crippen LogP contribution in [0.15, 0.2) is 18.3 Å². The van der Waals surface area contributed by atoms with Gasteiger partial charge in [0.25, 0.3) is 0 Å². The maximum Gasteiger partial charge on any atom is 0.243 e. The highest BCUT2D eigenvalue weighted by Crippen LogP contribution is 2.10. The molecule has 1 saturated heterocycles. The van der Waals surface area contributed by atoms with Crippen LogP contribution in [0.1, 0.15) is 12.0 Å². The van der Waals surface area contributed by atoms with Gasteiger partial charge in [0.15, 0.2) is 5.65 Å². The molecule has 0 saturated carbocycles. The molecule has 3 rings (SSSR count). The minimum atomic E-state index is 0.0714. The summed E-state index contributed by atoms with van der Waals surface area (Å²) in [6.07, 6.45) is 2.36. The first-order valence-corrected chi connectivity index (χ1v) is 5.57. The first-order valence-electron chi connectivity index (χ1n) is 5.57. The third-order valence-corrected chi connectivity index (χ3v) is 2.80. The summed E-state index contributed by atoms with van der Waals surface area (Å²) >= 11 is 0. The van der Waals surface area contributed by atoms with Gasteiger partial charge in [-0.05, 0) is 24.6 Å². The molecule has 17 heavy (non-hydrogen) atoms. The molecule has 1 amide bonds. The highest BCUT2D eigenvalue weighted by molar-refractivity contribution is 5.79. The fourth-order valence-electron chi connectivity index (χ4n) is 1.93. The van der Waals surface area contributed by atoms with Crippen LogP contribution in [-0.2, 0) is 4.79 Å². The van der Waals surface area contributed by atoms with Gasteiger partial charge in [0.2, 0.25) is 11.9 Å². The Hall–Kier alpha value is -2.11. The maximum absolute atomic E-state index is 11.1. The third kappa shape index (κ3) is 1.93. The predicted molar refractivity (Wildman–Crippen MR) is 62.8 cm³/mol. The fourth-order valence-corrected chi connectivity index (χ4v) is 1.93. The van der Waals surface area contributed by atoms with Crippen molar-refractivity contribution >= 4 is 17.5 Å². The monoisotopic (exact) mass is 231 g/mol. The summed E-state index contributed by atoms with van der Waals surface area (Å²) in [6.45, 7) is 2.65. The van der Waals surface area contributed by atoms with Gasteiger partial charge in [-0.15, -0.1) is 5.10 Å². The number of fused-ring (bicyclic) bond motifs is 1. The second-order valence-electron chi connectivity index (χ2n) is 4.29. The second kappa shape index (κ2) is 3.73. The zero-order chi connectivity index (χ0) is 11.8. The normalized spacial score (nSPS) is 19.6. The van der Waals surface area contributed by atoms with E-state index in [0.717, 1.165) is 11.2 Å². The predicted octanol–water partition coefficient (Wildman–Crippen LogP) is 0.338. The quantitative estimate of drug-likeness (QED) is 0.781. The molecule has 1 atom stereocenters. The summed E-state index contributed by atoms with van der Waals surface area (Å²) in [4.78, 5) is 15.4. The van der Waals surface area contributed by atoms with Crippen LogP contribution in [0.3, 0.4) is 0 Å². The lowest BCUT2D eigenvalue weighted by Gasteiger charge is -2.06. The molecule has 2 aromatic rings. The van der Waals surface area contributed by atoms with Crippen molar-refractivity contribution in [3.05, 3.63) is 23.9 Å². The van der Waals surface area contributed by atoms with Gasteiger partial charge < -0.3 is 10.6 Å². The summed E-state index contributed by atoms with van der Waals surface area (Å²) in [5, 5.41) is 10.2. The molecule has 1 fully saturated rings. The number of hydrogen-bond acceptors (Lipinski definition) is 4. The van der Waals surface area contributed by atoms with Crippen molar-refractivity contribution in [2.24, 2.45) is 0 Å². The van der Waals surface area contributed by atoms with Crippen LogP contribution in [0.25, 0.3) is 5.65 Å². The van der Waals surface area contributed by atoms with E-state index < -0.39 is 0 Å². The van der Waals surface area contributed by atoms with E-state index in [1.165, 1.54) is 0 Å². The Morgan fingerprint density at radius 1 is 1.59 bits per heavy atom. The van der Waals surface area contributed by atoms with Gasteiger partial charge in [-0.1, -0.05) is 0 Å². The van der Waals surface area contributed by atoms with Crippen molar-refractivity contribution in [1.82, 2.24) is 19.9 Å². The number of pyridine rings is 1. The van der Waals surface area contributed by atoms with Crippen LogP contribution in [0.4, 0.5) is 5.95 Å². The zero-order valence-electron chi connectivity index (χ0n) is 9.47. The minimum Gasteiger partial charge on any atom is -0.354 e. The van der Waals surface area contributed by atoms with Crippen LogP contribution in [0, 0.1) is 6.92 Å². The van der Waals surface area contributed by atoms with Crippen molar-refractivity contribution in [3.8, 4) is 0 Å². The lowest BCUT2D eigenvalue weighted by molar-refractivity contribution is -0.119. The number of nitrogens with zero attached hydrogens (tertiary/aromatic N) is 3. The SMILES string of the molecule is Cc1ccn2nc(NC3CNC(=O)C3)nc2c1. The number of carbonyl (C=O) groups is 1. The van der Waals surface area contributed by atoms with E-state index in [2.05, 4.69) is 20.7 Å². The summed E-state index contributed by atoms with van der Waals surface area (Å²) in [5.41, 5.74) is 1.96. The van der Waals surface area contributed by atoms with Gasteiger partial charge in [0, 0.05) is 19.2 Å². The van der Waals surface area contributed by atoms with Gasteiger partial charge >= 0.3 is 0 Å². The molecular weight excluding hydrogens is 218 g/mol. The zero-order valence-corrected chi connectivity index (χ0v) is 9.47. The number of anilines is 1. The molecule has 1 unspecified atom stereocenters. The largest absolute Gasteiger partial charge is 0.354 e. The van der Waals surface area contributed by atoms with E-state index >= 15 is 0 Å². The van der Waals surface area contributed by atoms with Crippen LogP contribution in [0.5, 0.6) is 0 Å². The lowest BCUT2D eigenvalue weighted by atomic mass is 10.3. The first-order chi connectivity index (χ1) is 8.20. The molecule has 2 N–H and O–H groups in total. The molecule has 3 heterocycles. The molecule has 6 nitrogen and oxygen atoms in total. The van der Waals surface area contributed by atoms with Crippen molar-refractivity contribution < 1.29 is 4.79 Å². The van der Waals surface area contributed by atoms with E-state index in [1.807, 2.05) is 25.3 Å². The lowest BCUT2D eigenvalue weighted by Crippen LogP contribution is -2.22. The molecule has 6 heteroatoms. The summed E-state index contributed by atoms with van der Waals surface area (Å²) in [6, 6.07) is 4.03. The van der Waals surface area contributed by atoms with E-state index in [1.54, 1.807) is 4.52 Å². The molecular formula is C11H13N5O. The Morgan fingerprint density at radius 2 is 2.47 bits per heavy atom. The number of aromatic nitrogens is 3. The topological polar surface area (TPSA) is 71.3 Å². The molecule has 0 radical (unpaired) electrons. The first kappa shape index (κ1) is 10.1. The molecule has 1 aliphatic rings. The Morgan fingerprint density at radius 3 is 3.24 bits per heavy atom. The number of nitrogens with one attached hydrogen (secondary N) is 2. The third-order valence-electron chi connectivity index (χ3n) is 2.80. The highest BCUT2D eigenvalue weighted by Gasteiger charge is 2.22. The number of amides is 1. The van der Waals surface area contributed by atoms with Crippen molar-refractivity contribution in [3.63, 3.8) is 0 Å². The smallest absolute Gasteiger partial charge is 0.243 e. The number of hydrogen-bond donors (Lipinski definition) is 2. The van der Waals surface area contributed by atoms with Gasteiger partial charge in [0.05, 0.1) is 6.04 Å². The Bertz CT molecular complexity index is 576. The van der Waals surface area contributed by atoms with Gasteiger partial charge in [-0.3, -0.25) is 4.79 Å². The number of aryl methyl sites for hydroxylation is 1. The standard InChI is InChI=1S/C11H13N5O/c1-7-2-3-16-9(4-7)14-11(15-16)13-8-5-10(17)12-6-8/h2-4,8H,5-6H2,1H3,(H,12,17)(H,13,15). The molecule has 0 aromatic carbocycles. The summed E-state index contributed by atoms with van der Waals surface area (Å²) in [5.74, 6) is 0.638. The molecule has 1 aliphatic heterocycles. The molecule has 2 aromatic heterocycles. The van der Waals surface area contributed by atoms with Crippen LogP contribution in [-0.4, -0.2) is 33.1 Å². The molecule has 88 valence electrons. The summed E-state index contributed by atoms with van der Waals surface area (Å²) in [7, 11) is 0. The highest BCUT2D eigenvalue weighted by atomic mass is 16.1. The molecule has 0 spiro atoms. The average Bonchev–Trinajstić information content (AvgIpc) is 2.84. The van der Waals surface area contributed by atoms with Crippen LogP contribution in [0.2, 0.25) is 0 Å². The van der Waals surface area contributed by atoms with Crippen LogP contribution >= 0.6 is 0 Å². The maximum atomic E-state index is 11.1. The average molecular weight is 231 g/mol. The van der Waals surface area contributed by atoms with Gasteiger partial charge in [-0.2, -0.15) is 4.98 Å². The van der Waals surface area contributed by atoms with E-state index in [4.69, 9.17) is 0 Å². The number of carbonyl (C=O) groups excluding carboxylic acids is 1. The second-order valence-corrected chi connectivity index (χ2v) is 4.29. The van der Waals surface area contributed by atoms with Crippen LogP contribution < -0.4 is 10.6 Å². The Labute approximate surface area is 98.0 Å². The van der Waals surface area contributed by atoms with Gasteiger partial charge in [-0.25, -0.2) is 4.52 Å². The molecule has 0 aliphatic carbocycles.